The number of rotatable bonds is 6. The highest BCUT2D eigenvalue weighted by molar-refractivity contribution is 6.31. The predicted octanol–water partition coefficient (Wildman–Crippen LogP) is 3.38. The highest BCUT2D eigenvalue weighted by Gasteiger charge is 2.31. The van der Waals surface area contributed by atoms with Crippen LogP contribution in [0.4, 0.5) is 19.0 Å². The number of anilines is 1. The molecule has 0 unspecified atom stereocenters. The normalized spacial score (nSPS) is 15.4. The van der Waals surface area contributed by atoms with Gasteiger partial charge in [0, 0.05) is 25.3 Å². The molecule has 1 saturated carbocycles. The molecule has 0 radical (unpaired) electrons. The molecule has 20 heavy (non-hydrogen) atoms. The van der Waals surface area contributed by atoms with Crippen LogP contribution < -0.4 is 10.2 Å². The number of hydrogen-bond acceptors (Lipinski definition) is 3. The molecule has 1 fully saturated rings. The molecule has 3 nitrogen and oxygen atoms in total. The van der Waals surface area contributed by atoms with Crippen molar-refractivity contribution in [1.82, 2.24) is 10.3 Å². The lowest BCUT2D eigenvalue weighted by Crippen LogP contribution is -2.34. The smallest absolute Gasteiger partial charge is 0.348 e. The van der Waals surface area contributed by atoms with Gasteiger partial charge in [0.1, 0.15) is 12.4 Å². The van der Waals surface area contributed by atoms with Crippen LogP contribution in [0.1, 0.15) is 25.3 Å². The quantitative estimate of drug-likeness (QED) is 0.873. The van der Waals surface area contributed by atoms with Gasteiger partial charge in [0.2, 0.25) is 0 Å². The van der Waals surface area contributed by atoms with Crippen molar-refractivity contribution in [2.24, 2.45) is 0 Å². The van der Waals surface area contributed by atoms with Gasteiger partial charge in [0.25, 0.3) is 0 Å². The molecule has 0 spiro atoms. The Hall–Kier alpha value is -1.01. The van der Waals surface area contributed by atoms with Crippen molar-refractivity contribution in [2.75, 3.05) is 18.0 Å². The minimum absolute atomic E-state index is 0.240. The van der Waals surface area contributed by atoms with E-state index in [1.54, 1.807) is 13.0 Å². The van der Waals surface area contributed by atoms with Crippen molar-refractivity contribution in [3.63, 3.8) is 0 Å². The Labute approximate surface area is 121 Å². The molecule has 1 heterocycles. The molecule has 7 heteroatoms. The molecule has 0 atom stereocenters. The molecule has 2 rings (SSSR count). The van der Waals surface area contributed by atoms with Crippen molar-refractivity contribution in [2.45, 2.75) is 38.5 Å². The Balaban J connectivity index is 2.10. The first-order valence-corrected chi connectivity index (χ1v) is 6.96. The molecular weight excluding hydrogens is 291 g/mol. The van der Waals surface area contributed by atoms with Crippen LogP contribution in [0.5, 0.6) is 0 Å². The van der Waals surface area contributed by atoms with E-state index in [0.29, 0.717) is 23.4 Å². The van der Waals surface area contributed by atoms with E-state index in [4.69, 9.17) is 11.6 Å². The molecular formula is C13H17ClF3N3. The Bertz CT molecular complexity index is 461. The summed E-state index contributed by atoms with van der Waals surface area (Å²) < 4.78 is 37.5. The molecule has 1 aliphatic carbocycles. The predicted molar refractivity (Wildman–Crippen MR) is 73.1 cm³/mol. The van der Waals surface area contributed by atoms with Gasteiger partial charge in [-0.3, -0.25) is 0 Å². The molecule has 0 saturated heterocycles. The number of pyridine rings is 1. The molecule has 0 aromatic carbocycles. The van der Waals surface area contributed by atoms with Crippen LogP contribution in [0, 0.1) is 0 Å². The summed E-state index contributed by atoms with van der Waals surface area (Å²) >= 11 is 6.04. The lowest BCUT2D eigenvalue weighted by atomic mass is 10.2. The Morgan fingerprint density at radius 1 is 1.45 bits per heavy atom. The summed E-state index contributed by atoms with van der Waals surface area (Å²) in [5.41, 5.74) is 0.782. The van der Waals surface area contributed by atoms with Gasteiger partial charge in [0.05, 0.1) is 5.02 Å². The van der Waals surface area contributed by atoms with E-state index >= 15 is 0 Å². The second-order valence-electron chi connectivity index (χ2n) is 4.92. The van der Waals surface area contributed by atoms with Gasteiger partial charge < -0.3 is 10.2 Å². The molecule has 1 aromatic rings. The van der Waals surface area contributed by atoms with Crippen LogP contribution in [-0.2, 0) is 6.54 Å². The molecule has 1 N–H and O–H groups in total. The molecule has 0 amide bonds. The lowest BCUT2D eigenvalue weighted by molar-refractivity contribution is -0.119. The van der Waals surface area contributed by atoms with Gasteiger partial charge >= 0.3 is 6.18 Å². The third-order valence-electron chi connectivity index (χ3n) is 3.15. The highest BCUT2D eigenvalue weighted by Crippen LogP contribution is 2.25. The summed E-state index contributed by atoms with van der Waals surface area (Å²) in [5, 5.41) is 3.77. The molecule has 112 valence electrons. The zero-order valence-electron chi connectivity index (χ0n) is 11.2. The van der Waals surface area contributed by atoms with E-state index in [-0.39, 0.29) is 6.54 Å². The molecule has 1 aromatic heterocycles. The molecule has 0 bridgehead atoms. The van der Waals surface area contributed by atoms with Crippen LogP contribution >= 0.6 is 11.6 Å². The Morgan fingerprint density at radius 3 is 2.70 bits per heavy atom. The second kappa shape index (κ2) is 6.18. The van der Waals surface area contributed by atoms with Crippen LogP contribution in [0.15, 0.2) is 12.3 Å². The van der Waals surface area contributed by atoms with Crippen LogP contribution in [-0.4, -0.2) is 30.3 Å². The van der Waals surface area contributed by atoms with Crippen LogP contribution in [0.25, 0.3) is 0 Å². The van der Waals surface area contributed by atoms with E-state index in [2.05, 4.69) is 10.3 Å². The zero-order valence-corrected chi connectivity index (χ0v) is 11.9. The number of nitrogens with one attached hydrogen (secondary N) is 1. The number of alkyl halides is 3. The maximum Gasteiger partial charge on any atom is 0.405 e. The summed E-state index contributed by atoms with van der Waals surface area (Å²) in [6, 6.07) is 2.15. The van der Waals surface area contributed by atoms with Gasteiger partial charge in [-0.05, 0) is 31.4 Å². The standard InChI is InChI=1S/C13H17ClF3N3/c1-2-20(8-13(15,16)17)12-5-9(11(14)7-19-12)6-18-10-3-4-10/h5,7,10,18H,2-4,6,8H2,1H3. The topological polar surface area (TPSA) is 28.2 Å². The van der Waals surface area contributed by atoms with Crippen LogP contribution in [0.2, 0.25) is 5.02 Å². The van der Waals surface area contributed by atoms with Gasteiger partial charge in [0.15, 0.2) is 0 Å². The summed E-state index contributed by atoms with van der Waals surface area (Å²) in [6.45, 7) is 1.46. The van der Waals surface area contributed by atoms with Gasteiger partial charge in [-0.1, -0.05) is 11.6 Å². The zero-order chi connectivity index (χ0) is 14.8. The number of nitrogens with zero attached hydrogens (tertiary/aromatic N) is 2. The van der Waals surface area contributed by atoms with Crippen molar-refractivity contribution in [3.05, 3.63) is 22.8 Å². The number of aromatic nitrogens is 1. The highest BCUT2D eigenvalue weighted by atomic mass is 35.5. The molecule has 0 aliphatic heterocycles. The molecule has 1 aliphatic rings. The van der Waals surface area contributed by atoms with E-state index in [9.17, 15) is 13.2 Å². The van der Waals surface area contributed by atoms with Gasteiger partial charge in [-0.25, -0.2) is 4.98 Å². The van der Waals surface area contributed by atoms with Crippen LogP contribution in [0.3, 0.4) is 0 Å². The monoisotopic (exact) mass is 307 g/mol. The van der Waals surface area contributed by atoms with Crippen molar-refractivity contribution < 1.29 is 13.2 Å². The maximum absolute atomic E-state index is 12.5. The maximum atomic E-state index is 12.5. The summed E-state index contributed by atoms with van der Waals surface area (Å²) in [5.74, 6) is 0.307. The number of hydrogen-bond donors (Lipinski definition) is 1. The Kier molecular flexibility index (Phi) is 4.75. The summed E-state index contributed by atoms with van der Waals surface area (Å²) in [7, 11) is 0. The largest absolute Gasteiger partial charge is 0.405 e. The Morgan fingerprint density at radius 2 is 2.15 bits per heavy atom. The average molecular weight is 308 g/mol. The third-order valence-corrected chi connectivity index (χ3v) is 3.49. The lowest BCUT2D eigenvalue weighted by Gasteiger charge is -2.24. The summed E-state index contributed by atoms with van der Waals surface area (Å²) in [4.78, 5) is 5.19. The first kappa shape index (κ1) is 15.4. The average Bonchev–Trinajstić information content (AvgIpc) is 3.18. The fourth-order valence-corrected chi connectivity index (χ4v) is 2.06. The fourth-order valence-electron chi connectivity index (χ4n) is 1.89. The minimum Gasteiger partial charge on any atom is -0.348 e. The van der Waals surface area contributed by atoms with E-state index in [1.807, 2.05) is 0 Å². The SMILES string of the molecule is CCN(CC(F)(F)F)c1cc(CNC2CC2)c(Cl)cn1. The van der Waals surface area contributed by atoms with Gasteiger partial charge in [-0.15, -0.1) is 0 Å². The van der Waals surface area contributed by atoms with Crippen molar-refractivity contribution in [1.29, 1.82) is 0 Å². The number of halogens is 4. The van der Waals surface area contributed by atoms with Gasteiger partial charge in [-0.2, -0.15) is 13.2 Å². The van der Waals surface area contributed by atoms with E-state index in [0.717, 1.165) is 18.4 Å². The fraction of sp³-hybridized carbons (Fsp3) is 0.615. The van der Waals surface area contributed by atoms with E-state index < -0.39 is 12.7 Å². The second-order valence-corrected chi connectivity index (χ2v) is 5.33. The summed E-state index contributed by atoms with van der Waals surface area (Å²) in [6.07, 6.45) is -0.543. The van der Waals surface area contributed by atoms with E-state index in [1.165, 1.54) is 11.1 Å². The third kappa shape index (κ3) is 4.52. The minimum atomic E-state index is -4.25. The first-order chi connectivity index (χ1) is 9.39. The van der Waals surface area contributed by atoms with Crippen molar-refractivity contribution in [3.8, 4) is 0 Å². The van der Waals surface area contributed by atoms with Crippen molar-refractivity contribution >= 4 is 17.4 Å². The first-order valence-electron chi connectivity index (χ1n) is 6.58.